The van der Waals surface area contributed by atoms with Crippen LogP contribution >= 0.6 is 0 Å². The second-order valence-corrected chi connectivity index (χ2v) is 9.55. The van der Waals surface area contributed by atoms with E-state index in [1.54, 1.807) is 13.8 Å². The Bertz CT molecular complexity index is 1050. The van der Waals surface area contributed by atoms with Crippen LogP contribution in [0.15, 0.2) is 48.5 Å². The first kappa shape index (κ1) is 24.8. The molecule has 0 unspecified atom stereocenters. The average Bonchev–Trinajstić information content (AvgIpc) is 3.20. The van der Waals surface area contributed by atoms with Gasteiger partial charge < -0.3 is 20.5 Å². The van der Waals surface area contributed by atoms with E-state index in [9.17, 15) is 19.5 Å². The van der Waals surface area contributed by atoms with Crippen molar-refractivity contribution in [3.63, 3.8) is 0 Å². The van der Waals surface area contributed by atoms with Gasteiger partial charge in [0.15, 0.2) is 0 Å². The number of nitrogens with one attached hydrogen (secondary N) is 2. The number of hydrogen-bond donors (Lipinski definition) is 3. The summed E-state index contributed by atoms with van der Waals surface area (Å²) in [6.45, 7) is 3.72. The third-order valence-electron chi connectivity index (χ3n) is 7.73. The van der Waals surface area contributed by atoms with Crippen molar-refractivity contribution >= 4 is 18.0 Å². The van der Waals surface area contributed by atoms with Crippen LogP contribution in [0.4, 0.5) is 4.79 Å². The predicted molar refractivity (Wildman–Crippen MR) is 133 cm³/mol. The molecule has 2 aromatic carbocycles. The monoisotopic (exact) mass is 478 g/mol. The average molecular weight is 479 g/mol. The van der Waals surface area contributed by atoms with E-state index >= 15 is 0 Å². The molecule has 1 saturated carbocycles. The van der Waals surface area contributed by atoms with Gasteiger partial charge in [0.1, 0.15) is 12.1 Å². The molecule has 2 amide bonds. The molecule has 2 aliphatic rings. The van der Waals surface area contributed by atoms with Crippen molar-refractivity contribution in [1.29, 1.82) is 0 Å². The van der Waals surface area contributed by atoms with Crippen LogP contribution in [-0.2, 0) is 14.3 Å². The summed E-state index contributed by atoms with van der Waals surface area (Å²) >= 11 is 0. The van der Waals surface area contributed by atoms with Gasteiger partial charge in [-0.3, -0.25) is 4.79 Å². The first-order valence-corrected chi connectivity index (χ1v) is 12.6. The summed E-state index contributed by atoms with van der Waals surface area (Å²) in [5.41, 5.74) is 3.31. The molecule has 2 atom stereocenters. The quantitative estimate of drug-likeness (QED) is 0.503. The number of alkyl carbamates (subject to hydrolysis) is 1. The molecule has 4 rings (SSSR count). The molecule has 1 fully saturated rings. The Labute approximate surface area is 206 Å². The number of ether oxygens (including phenoxy) is 1. The third-order valence-corrected chi connectivity index (χ3v) is 7.73. The van der Waals surface area contributed by atoms with E-state index in [1.165, 1.54) is 0 Å². The highest BCUT2D eigenvalue weighted by atomic mass is 16.5. The lowest BCUT2D eigenvalue weighted by Crippen LogP contribution is -2.58. The van der Waals surface area contributed by atoms with E-state index in [1.807, 2.05) is 24.3 Å². The minimum atomic E-state index is -1.29. The molecule has 0 saturated heterocycles. The fraction of sp³-hybridized carbons (Fsp3) is 0.464. The molecular weight excluding hydrogens is 444 g/mol. The van der Waals surface area contributed by atoms with E-state index in [-0.39, 0.29) is 24.5 Å². The predicted octanol–water partition coefficient (Wildman–Crippen LogP) is 4.84. The Morgan fingerprint density at radius 3 is 2.09 bits per heavy atom. The molecule has 7 heteroatoms. The molecule has 2 aromatic rings. The van der Waals surface area contributed by atoms with Crippen molar-refractivity contribution in [1.82, 2.24) is 10.6 Å². The highest BCUT2D eigenvalue weighted by Crippen LogP contribution is 2.44. The van der Waals surface area contributed by atoms with Gasteiger partial charge in [0.05, 0.1) is 5.92 Å². The molecule has 7 nitrogen and oxygen atoms in total. The van der Waals surface area contributed by atoms with Crippen LogP contribution in [0.3, 0.4) is 0 Å². The van der Waals surface area contributed by atoms with Gasteiger partial charge in [0.2, 0.25) is 5.91 Å². The van der Waals surface area contributed by atoms with Gasteiger partial charge in [-0.2, -0.15) is 0 Å². The van der Waals surface area contributed by atoms with Crippen LogP contribution < -0.4 is 10.6 Å². The Morgan fingerprint density at radius 1 is 0.943 bits per heavy atom. The first-order valence-electron chi connectivity index (χ1n) is 12.6. The van der Waals surface area contributed by atoms with Gasteiger partial charge in [-0.15, -0.1) is 0 Å². The maximum atomic E-state index is 13.1. The van der Waals surface area contributed by atoms with Crippen LogP contribution in [-0.4, -0.2) is 41.3 Å². The summed E-state index contributed by atoms with van der Waals surface area (Å²) in [6.07, 6.45) is 3.04. The highest BCUT2D eigenvalue weighted by molar-refractivity contribution is 5.88. The molecule has 0 aliphatic heterocycles. The lowest BCUT2D eigenvalue weighted by atomic mass is 9.82. The number of carbonyl (C=O) groups is 3. The fourth-order valence-electron chi connectivity index (χ4n) is 5.52. The van der Waals surface area contributed by atoms with Crippen LogP contribution in [0.25, 0.3) is 11.1 Å². The number of rotatable bonds is 8. The lowest BCUT2D eigenvalue weighted by Gasteiger charge is -2.35. The van der Waals surface area contributed by atoms with Crippen LogP contribution in [0.2, 0.25) is 0 Å². The fourth-order valence-corrected chi connectivity index (χ4v) is 5.52. The molecule has 2 aliphatic carbocycles. The molecule has 35 heavy (non-hydrogen) atoms. The number of aliphatic carboxylic acids is 1. The van der Waals surface area contributed by atoms with Gasteiger partial charge in [0.25, 0.3) is 0 Å². The van der Waals surface area contributed by atoms with Crippen molar-refractivity contribution in [2.45, 2.75) is 69.9 Å². The number of carboxylic acid groups (broad SMARTS) is 1. The second-order valence-electron chi connectivity index (χ2n) is 9.55. The Morgan fingerprint density at radius 2 is 1.51 bits per heavy atom. The molecule has 0 radical (unpaired) electrons. The highest BCUT2D eigenvalue weighted by Gasteiger charge is 2.41. The Hall–Kier alpha value is -3.35. The zero-order valence-corrected chi connectivity index (χ0v) is 20.4. The number of fused-ring (bicyclic) bond motifs is 3. The van der Waals surface area contributed by atoms with Crippen LogP contribution in [0, 0.1) is 5.92 Å². The number of carboxylic acids is 1. The van der Waals surface area contributed by atoms with Gasteiger partial charge in [-0.1, -0.05) is 75.2 Å². The zero-order valence-electron chi connectivity index (χ0n) is 20.4. The van der Waals surface area contributed by atoms with E-state index in [0.29, 0.717) is 25.7 Å². The summed E-state index contributed by atoms with van der Waals surface area (Å²) in [5, 5.41) is 15.4. The zero-order chi connectivity index (χ0) is 25.0. The van der Waals surface area contributed by atoms with Gasteiger partial charge in [-0.05, 0) is 47.9 Å². The molecule has 186 valence electrons. The first-order chi connectivity index (χ1) is 16.9. The summed E-state index contributed by atoms with van der Waals surface area (Å²) in [4.78, 5) is 37.8. The third kappa shape index (κ3) is 4.90. The maximum absolute atomic E-state index is 13.1. The summed E-state index contributed by atoms with van der Waals surface area (Å²) in [5.74, 6) is -1.88. The van der Waals surface area contributed by atoms with Crippen molar-refractivity contribution in [3.05, 3.63) is 59.7 Å². The Balaban J connectivity index is 1.41. The van der Waals surface area contributed by atoms with Gasteiger partial charge >= 0.3 is 12.1 Å². The number of amides is 2. The van der Waals surface area contributed by atoms with E-state index in [4.69, 9.17) is 4.74 Å². The Kier molecular flexibility index (Phi) is 7.43. The minimum absolute atomic E-state index is 0.0381. The van der Waals surface area contributed by atoms with Gasteiger partial charge in [-0.25, -0.2) is 9.59 Å². The summed E-state index contributed by atoms with van der Waals surface area (Å²) in [7, 11) is 0. The molecule has 0 spiro atoms. The van der Waals surface area contributed by atoms with E-state index < -0.39 is 23.5 Å². The van der Waals surface area contributed by atoms with E-state index in [0.717, 1.165) is 35.1 Å². The van der Waals surface area contributed by atoms with Crippen LogP contribution in [0.5, 0.6) is 0 Å². The molecule has 0 aromatic heterocycles. The molecule has 3 N–H and O–H groups in total. The topological polar surface area (TPSA) is 105 Å². The summed E-state index contributed by atoms with van der Waals surface area (Å²) < 4.78 is 5.68. The van der Waals surface area contributed by atoms with Crippen molar-refractivity contribution in [2.24, 2.45) is 5.92 Å². The summed E-state index contributed by atoms with van der Waals surface area (Å²) in [6, 6.07) is 15.9. The number of carbonyl (C=O) groups excluding carboxylic acids is 2. The number of benzene rings is 2. The van der Waals surface area contributed by atoms with Gasteiger partial charge in [0, 0.05) is 12.0 Å². The van der Waals surface area contributed by atoms with E-state index in [2.05, 4.69) is 34.9 Å². The van der Waals surface area contributed by atoms with Crippen molar-refractivity contribution in [2.75, 3.05) is 6.61 Å². The standard InChI is InChI=1S/C28H34N2O5/c1-3-28(4-2,26(32)33)30-25(31)22-15-9-10-16-24(22)29-27(34)35-17-23-20-13-7-5-11-18(20)19-12-6-8-14-21(19)23/h5-8,11-14,22-24H,3-4,9-10,15-17H2,1-2H3,(H,29,34)(H,30,31)(H,32,33)/t22-,24+/m0/s1. The lowest BCUT2D eigenvalue weighted by molar-refractivity contribution is -0.149. The molecular formula is C28H34N2O5. The normalized spacial score (nSPS) is 19.4. The largest absolute Gasteiger partial charge is 0.480 e. The number of hydrogen-bond acceptors (Lipinski definition) is 4. The maximum Gasteiger partial charge on any atom is 0.407 e. The minimum Gasteiger partial charge on any atom is -0.480 e. The second kappa shape index (κ2) is 10.5. The SMILES string of the molecule is CCC(CC)(NC(=O)[C@H]1CCCC[C@H]1NC(=O)OCC1c2ccccc2-c2ccccc21)C(=O)O. The van der Waals surface area contributed by atoms with Crippen molar-refractivity contribution in [3.8, 4) is 11.1 Å². The smallest absolute Gasteiger partial charge is 0.407 e. The van der Waals surface area contributed by atoms with Crippen molar-refractivity contribution < 1.29 is 24.2 Å². The van der Waals surface area contributed by atoms with Crippen LogP contribution in [0.1, 0.15) is 69.4 Å². The molecule has 0 bridgehead atoms. The molecule has 0 heterocycles.